The van der Waals surface area contributed by atoms with Crippen LogP contribution in [0.2, 0.25) is 5.02 Å². The molecule has 0 aliphatic rings. The van der Waals surface area contributed by atoms with Crippen molar-refractivity contribution in [3.05, 3.63) is 57.2 Å². The Morgan fingerprint density at radius 2 is 1.89 bits per heavy atom. The number of hydrogen-bond donors (Lipinski definition) is 5. The third-order valence-electron chi connectivity index (χ3n) is 4.43. The van der Waals surface area contributed by atoms with Gasteiger partial charge in [0.2, 0.25) is 11.9 Å². The molecule has 0 bridgehead atoms. The van der Waals surface area contributed by atoms with Crippen LogP contribution in [-0.4, -0.2) is 50.3 Å². The first-order valence-corrected chi connectivity index (χ1v) is 11.9. The van der Waals surface area contributed by atoms with Gasteiger partial charge in [0.15, 0.2) is 0 Å². The van der Waals surface area contributed by atoms with Crippen molar-refractivity contribution < 1.29 is 45.2 Å². The Kier molecular flexibility index (Phi) is 9.65. The minimum atomic E-state index is -5.56. The summed E-state index contributed by atoms with van der Waals surface area (Å²) in [5.74, 6) is -6.49. The molecule has 1 atom stereocenters. The Morgan fingerprint density at radius 1 is 1.24 bits per heavy atom. The van der Waals surface area contributed by atoms with E-state index in [-0.39, 0.29) is 17.9 Å². The number of guanidine groups is 1. The lowest BCUT2D eigenvalue weighted by molar-refractivity contribution is -0.200. The number of hydrogen-bond acceptors (Lipinski definition) is 8. The number of nitrogens with zero attached hydrogens (tertiary/aromatic N) is 1. The molecule has 1 heterocycles. The van der Waals surface area contributed by atoms with Crippen molar-refractivity contribution in [1.82, 2.24) is 15.5 Å². The quantitative estimate of drug-likeness (QED) is 0.0870. The van der Waals surface area contributed by atoms with E-state index in [0.717, 1.165) is 31.2 Å². The van der Waals surface area contributed by atoms with Crippen LogP contribution in [0, 0.1) is 11.2 Å². The first-order chi connectivity index (χ1) is 17.5. The van der Waals surface area contributed by atoms with E-state index >= 15 is 0 Å². The lowest BCUT2D eigenvalue weighted by Crippen LogP contribution is -2.42. The fourth-order valence-corrected chi connectivity index (χ4v) is 4.29. The number of alkyl halides is 3. The lowest BCUT2D eigenvalue weighted by atomic mass is 10.1. The molecule has 1 aromatic heterocycles. The number of carbonyl (C=O) groups is 2. The van der Waals surface area contributed by atoms with E-state index < -0.39 is 72.6 Å². The average Bonchev–Trinajstić information content (AvgIpc) is 2.79. The van der Waals surface area contributed by atoms with Crippen LogP contribution in [0.5, 0.6) is 0 Å². The molecule has 1 unspecified atom stereocenters. The molecule has 1 amide bonds. The van der Waals surface area contributed by atoms with E-state index in [1.807, 2.05) is 5.48 Å². The molecule has 0 radical (unpaired) electrons. The Hall–Kier alpha value is -3.90. The zero-order chi connectivity index (χ0) is 28.8. The summed E-state index contributed by atoms with van der Waals surface area (Å²) >= 11 is 5.74. The maximum Gasteiger partial charge on any atom is 0.493 e. The van der Waals surface area contributed by atoms with Crippen molar-refractivity contribution in [2.45, 2.75) is 23.9 Å². The number of anilines is 1. The normalized spacial score (nSPS) is 12.4. The molecule has 0 fully saturated rings. The number of halogens is 5. The van der Waals surface area contributed by atoms with Crippen LogP contribution in [0.4, 0.5) is 23.2 Å². The number of nitrogens with one attached hydrogen (secondary N) is 4. The summed E-state index contributed by atoms with van der Waals surface area (Å²) in [6, 6.07) is 3.89. The van der Waals surface area contributed by atoms with Gasteiger partial charge in [-0.2, -0.15) is 13.2 Å². The third-order valence-corrected chi connectivity index (χ3v) is 6.27. The SMILES string of the molecule is CC(C(=O)NCCONC(=N)N)c1ccc(NS(=O)(=O)c2ccc(F)cc2Cl)c(=O)n1OC(=O)C(F)(F)F. The molecule has 2 rings (SSSR count). The first-order valence-electron chi connectivity index (χ1n) is 10.1. The van der Waals surface area contributed by atoms with Gasteiger partial charge in [-0.05, 0) is 37.3 Å². The predicted octanol–water partition coefficient (Wildman–Crippen LogP) is 0.593. The zero-order valence-electron chi connectivity index (χ0n) is 19.1. The molecule has 13 nitrogen and oxygen atoms in total. The van der Waals surface area contributed by atoms with E-state index in [4.69, 9.17) is 27.6 Å². The second-order valence-corrected chi connectivity index (χ2v) is 9.26. The third kappa shape index (κ3) is 7.80. The van der Waals surface area contributed by atoms with Gasteiger partial charge >= 0.3 is 17.7 Å². The van der Waals surface area contributed by atoms with Crippen molar-refractivity contribution in [1.29, 1.82) is 5.41 Å². The van der Waals surface area contributed by atoms with Crippen molar-refractivity contribution in [2.75, 3.05) is 17.9 Å². The van der Waals surface area contributed by atoms with E-state index in [0.29, 0.717) is 6.07 Å². The van der Waals surface area contributed by atoms with Crippen LogP contribution in [0.15, 0.2) is 40.0 Å². The highest BCUT2D eigenvalue weighted by Gasteiger charge is 2.43. The smallest absolute Gasteiger partial charge is 0.368 e. The number of pyridine rings is 1. The lowest BCUT2D eigenvalue weighted by Gasteiger charge is -2.19. The number of carbonyl (C=O) groups excluding carboxylic acids is 2. The van der Waals surface area contributed by atoms with E-state index in [9.17, 15) is 40.4 Å². The molecular formula is C19H19ClF4N6O7S. The molecular weight excluding hydrogens is 568 g/mol. The van der Waals surface area contributed by atoms with Gasteiger partial charge in [0.1, 0.15) is 16.4 Å². The first kappa shape index (κ1) is 30.3. The average molecular weight is 587 g/mol. The van der Waals surface area contributed by atoms with Gasteiger partial charge in [-0.3, -0.25) is 24.6 Å². The molecule has 0 aliphatic heterocycles. The van der Waals surface area contributed by atoms with Gasteiger partial charge in [0, 0.05) is 6.54 Å². The zero-order valence-corrected chi connectivity index (χ0v) is 20.6. The van der Waals surface area contributed by atoms with Gasteiger partial charge in [0.05, 0.1) is 23.2 Å². The van der Waals surface area contributed by atoms with E-state index in [1.165, 1.54) is 0 Å². The summed E-state index contributed by atoms with van der Waals surface area (Å²) < 4.78 is 78.8. The van der Waals surface area contributed by atoms with E-state index in [1.54, 1.807) is 4.72 Å². The van der Waals surface area contributed by atoms with Gasteiger partial charge < -0.3 is 15.9 Å². The highest BCUT2D eigenvalue weighted by molar-refractivity contribution is 7.92. The molecule has 0 saturated carbocycles. The fraction of sp³-hybridized carbons (Fsp3) is 0.263. The van der Waals surface area contributed by atoms with Gasteiger partial charge in [0.25, 0.3) is 10.0 Å². The topological polar surface area (TPSA) is 195 Å². The Morgan fingerprint density at radius 3 is 2.47 bits per heavy atom. The largest absolute Gasteiger partial charge is 0.493 e. The van der Waals surface area contributed by atoms with E-state index in [2.05, 4.69) is 10.2 Å². The van der Waals surface area contributed by atoms with Crippen LogP contribution in [-0.2, 0) is 24.4 Å². The molecule has 0 saturated heterocycles. The number of hydroxylamine groups is 1. The second-order valence-electron chi connectivity index (χ2n) is 7.21. The molecule has 2 aromatic rings. The molecule has 38 heavy (non-hydrogen) atoms. The van der Waals surface area contributed by atoms with Crippen molar-refractivity contribution >= 4 is 45.1 Å². The van der Waals surface area contributed by atoms with Crippen LogP contribution in [0.25, 0.3) is 0 Å². The number of nitrogens with two attached hydrogens (primary N) is 1. The number of amides is 1. The summed E-state index contributed by atoms with van der Waals surface area (Å²) in [6.45, 7) is 0.783. The highest BCUT2D eigenvalue weighted by Crippen LogP contribution is 2.25. The summed E-state index contributed by atoms with van der Waals surface area (Å²) in [6.07, 6.45) is -5.56. The molecule has 0 aliphatic carbocycles. The number of sulfonamides is 1. The molecule has 19 heteroatoms. The second kappa shape index (κ2) is 12.1. The standard InChI is InChI=1S/C19H19ClF4N6O7S/c1-9(15(31)27-6-7-36-28-18(25)26)13-4-3-12(16(32)30(13)37-17(33)19(22,23)24)29-38(34,35)14-5-2-10(21)8-11(14)20/h2-5,8-9,29H,6-7H2,1H3,(H,27,31)(H4,25,26,28). The van der Waals surface area contributed by atoms with Crippen molar-refractivity contribution in [3.8, 4) is 0 Å². The summed E-state index contributed by atoms with van der Waals surface area (Å²) in [7, 11) is -4.68. The minimum absolute atomic E-state index is 0.174. The highest BCUT2D eigenvalue weighted by atomic mass is 35.5. The van der Waals surface area contributed by atoms with Gasteiger partial charge in [-0.25, -0.2) is 23.1 Å². The van der Waals surface area contributed by atoms with Gasteiger partial charge in [-0.1, -0.05) is 11.6 Å². The van der Waals surface area contributed by atoms with Crippen molar-refractivity contribution in [3.63, 3.8) is 0 Å². The van der Waals surface area contributed by atoms with Crippen LogP contribution < -0.4 is 31.6 Å². The Balaban J connectivity index is 2.42. The maximum absolute atomic E-state index is 13.3. The molecule has 0 spiro atoms. The summed E-state index contributed by atoms with van der Waals surface area (Å²) in [4.78, 5) is 45.0. The monoisotopic (exact) mass is 586 g/mol. The molecule has 1 aromatic carbocycles. The molecule has 208 valence electrons. The summed E-state index contributed by atoms with van der Waals surface area (Å²) in [5, 5.41) is 8.67. The maximum atomic E-state index is 13.3. The Labute approximate surface area is 216 Å². The Bertz CT molecular complexity index is 1400. The predicted molar refractivity (Wildman–Crippen MR) is 123 cm³/mol. The van der Waals surface area contributed by atoms with Crippen LogP contribution in [0.3, 0.4) is 0 Å². The fourth-order valence-electron chi connectivity index (χ4n) is 2.70. The summed E-state index contributed by atoms with van der Waals surface area (Å²) in [5.41, 5.74) is 3.96. The number of aromatic nitrogens is 1. The number of benzene rings is 1. The minimum Gasteiger partial charge on any atom is -0.368 e. The van der Waals surface area contributed by atoms with Crippen LogP contribution >= 0.6 is 11.6 Å². The number of rotatable bonds is 10. The molecule has 6 N–H and O–H groups in total. The van der Waals surface area contributed by atoms with Crippen LogP contribution in [0.1, 0.15) is 18.5 Å². The van der Waals surface area contributed by atoms with Crippen molar-refractivity contribution in [2.24, 2.45) is 5.73 Å². The van der Waals surface area contributed by atoms with Gasteiger partial charge in [-0.15, -0.1) is 4.73 Å².